The highest BCUT2D eigenvalue weighted by Gasteiger charge is 2.39. The van der Waals surface area contributed by atoms with Crippen molar-refractivity contribution in [3.8, 4) is 0 Å². The molecule has 1 aliphatic heterocycles. The van der Waals surface area contributed by atoms with Gasteiger partial charge in [-0.25, -0.2) is 0 Å². The third-order valence-corrected chi connectivity index (χ3v) is 3.27. The van der Waals surface area contributed by atoms with Gasteiger partial charge >= 0.3 is 0 Å². The second-order valence-corrected chi connectivity index (χ2v) is 4.74. The maximum atomic E-state index is 11.7. The van der Waals surface area contributed by atoms with E-state index in [0.717, 1.165) is 12.5 Å². The summed E-state index contributed by atoms with van der Waals surface area (Å²) in [6, 6.07) is 0.531. The van der Waals surface area contributed by atoms with Crippen LogP contribution in [-0.4, -0.2) is 36.1 Å². The topological polar surface area (TPSA) is 29.5 Å². The molecule has 2 bridgehead atoms. The molecule has 14 heavy (non-hydrogen) atoms. The summed E-state index contributed by atoms with van der Waals surface area (Å²) in [6.07, 6.45) is 3.91. The minimum atomic E-state index is 0.152. The van der Waals surface area contributed by atoms with Crippen LogP contribution in [0.1, 0.15) is 33.1 Å². The van der Waals surface area contributed by atoms with E-state index < -0.39 is 0 Å². The summed E-state index contributed by atoms with van der Waals surface area (Å²) in [5.41, 5.74) is 0. The van der Waals surface area contributed by atoms with Gasteiger partial charge in [0.15, 0.2) is 0 Å². The highest BCUT2D eigenvalue weighted by Crippen LogP contribution is 2.37. The zero-order valence-corrected chi connectivity index (χ0v) is 9.03. The number of piperidine rings is 1. The van der Waals surface area contributed by atoms with Crippen molar-refractivity contribution in [1.29, 1.82) is 0 Å². The van der Waals surface area contributed by atoms with Crippen molar-refractivity contribution in [3.05, 3.63) is 0 Å². The van der Waals surface area contributed by atoms with Gasteiger partial charge in [-0.15, -0.1) is 0 Å². The maximum Gasteiger partial charge on any atom is 0.248 e. The standard InChI is InChI=1S/C11H19NO2/c1-8(2)14-7-11(13)12-6-9-3-4-10(12)5-9/h8-10H,3-7H2,1-2H3. The Morgan fingerprint density at radius 2 is 2.29 bits per heavy atom. The number of amides is 1. The number of likely N-dealkylation sites (tertiary alicyclic amines) is 1. The molecular weight excluding hydrogens is 178 g/mol. The maximum absolute atomic E-state index is 11.7. The first-order valence-electron chi connectivity index (χ1n) is 5.58. The summed E-state index contributed by atoms with van der Waals surface area (Å²) in [4.78, 5) is 13.8. The Morgan fingerprint density at radius 3 is 2.79 bits per heavy atom. The Morgan fingerprint density at radius 1 is 1.50 bits per heavy atom. The van der Waals surface area contributed by atoms with E-state index in [1.807, 2.05) is 18.7 Å². The van der Waals surface area contributed by atoms with E-state index >= 15 is 0 Å². The van der Waals surface area contributed by atoms with E-state index in [-0.39, 0.29) is 18.6 Å². The van der Waals surface area contributed by atoms with Crippen LogP contribution in [0, 0.1) is 5.92 Å². The van der Waals surface area contributed by atoms with E-state index in [9.17, 15) is 4.79 Å². The van der Waals surface area contributed by atoms with E-state index in [2.05, 4.69) is 0 Å². The molecule has 2 fully saturated rings. The molecule has 0 spiro atoms. The summed E-state index contributed by atoms with van der Waals surface area (Å²) >= 11 is 0. The van der Waals surface area contributed by atoms with Crippen LogP contribution in [0.5, 0.6) is 0 Å². The second-order valence-electron chi connectivity index (χ2n) is 4.74. The van der Waals surface area contributed by atoms with Crippen molar-refractivity contribution in [2.75, 3.05) is 13.2 Å². The van der Waals surface area contributed by atoms with Crippen LogP contribution in [0.2, 0.25) is 0 Å². The SMILES string of the molecule is CC(C)OCC(=O)N1CC2CCC1C2. The van der Waals surface area contributed by atoms with Crippen LogP contribution in [0.3, 0.4) is 0 Å². The zero-order chi connectivity index (χ0) is 10.1. The molecule has 2 rings (SSSR count). The monoisotopic (exact) mass is 197 g/mol. The second kappa shape index (κ2) is 3.89. The lowest BCUT2D eigenvalue weighted by atomic mass is 10.1. The van der Waals surface area contributed by atoms with Crippen molar-refractivity contribution in [2.45, 2.75) is 45.3 Å². The summed E-state index contributed by atoms with van der Waals surface area (Å²) in [5.74, 6) is 0.967. The Bertz CT molecular complexity index is 227. The smallest absolute Gasteiger partial charge is 0.248 e. The molecule has 80 valence electrons. The summed E-state index contributed by atoms with van der Waals surface area (Å²) in [5, 5.41) is 0. The molecule has 0 aromatic carbocycles. The van der Waals surface area contributed by atoms with Gasteiger partial charge in [-0.3, -0.25) is 4.79 Å². The lowest BCUT2D eigenvalue weighted by Crippen LogP contribution is -2.40. The molecular formula is C11H19NO2. The van der Waals surface area contributed by atoms with Gasteiger partial charge in [0.2, 0.25) is 5.91 Å². The van der Waals surface area contributed by atoms with Gasteiger partial charge < -0.3 is 9.64 Å². The predicted octanol–water partition coefficient (Wildman–Crippen LogP) is 1.42. The molecule has 1 saturated heterocycles. The number of carbonyl (C=O) groups is 1. The fourth-order valence-electron chi connectivity index (χ4n) is 2.55. The molecule has 1 aliphatic carbocycles. The highest BCUT2D eigenvalue weighted by atomic mass is 16.5. The van der Waals surface area contributed by atoms with Crippen LogP contribution in [0.25, 0.3) is 0 Å². The van der Waals surface area contributed by atoms with Gasteiger partial charge in [0.25, 0.3) is 0 Å². The highest BCUT2D eigenvalue weighted by molar-refractivity contribution is 5.78. The molecule has 2 atom stereocenters. The van der Waals surface area contributed by atoms with E-state index in [4.69, 9.17) is 4.74 Å². The Kier molecular flexibility index (Phi) is 2.77. The minimum Gasteiger partial charge on any atom is -0.369 e. The van der Waals surface area contributed by atoms with Crippen LogP contribution < -0.4 is 0 Å². The molecule has 1 heterocycles. The van der Waals surface area contributed by atoms with Crippen molar-refractivity contribution >= 4 is 5.91 Å². The number of fused-ring (bicyclic) bond motifs is 2. The number of hydrogen-bond donors (Lipinski definition) is 0. The predicted molar refractivity (Wildman–Crippen MR) is 53.9 cm³/mol. The number of rotatable bonds is 3. The first kappa shape index (κ1) is 9.97. The van der Waals surface area contributed by atoms with Gasteiger partial charge in [-0.2, -0.15) is 0 Å². The van der Waals surface area contributed by atoms with Crippen LogP contribution in [0.4, 0.5) is 0 Å². The quantitative estimate of drug-likeness (QED) is 0.685. The average Bonchev–Trinajstić information content (AvgIpc) is 2.74. The van der Waals surface area contributed by atoms with Crippen molar-refractivity contribution in [3.63, 3.8) is 0 Å². The van der Waals surface area contributed by atoms with Crippen LogP contribution in [-0.2, 0) is 9.53 Å². The Hall–Kier alpha value is -0.570. The largest absolute Gasteiger partial charge is 0.369 e. The molecule has 0 N–H and O–H groups in total. The third kappa shape index (κ3) is 1.92. The number of hydrogen-bond acceptors (Lipinski definition) is 2. The summed E-state index contributed by atoms with van der Waals surface area (Å²) < 4.78 is 5.33. The molecule has 2 unspecified atom stereocenters. The first-order valence-corrected chi connectivity index (χ1v) is 5.58. The van der Waals surface area contributed by atoms with Gasteiger partial charge in [0.1, 0.15) is 6.61 Å². The molecule has 3 nitrogen and oxygen atoms in total. The third-order valence-electron chi connectivity index (χ3n) is 3.27. The number of nitrogens with zero attached hydrogens (tertiary/aromatic N) is 1. The van der Waals surface area contributed by atoms with Gasteiger partial charge in [-0.1, -0.05) is 0 Å². The van der Waals surface area contributed by atoms with E-state index in [1.165, 1.54) is 19.3 Å². The fourth-order valence-corrected chi connectivity index (χ4v) is 2.55. The molecule has 0 aromatic rings. The minimum absolute atomic E-state index is 0.152. The molecule has 1 saturated carbocycles. The normalized spacial score (nSPS) is 30.4. The average molecular weight is 197 g/mol. The molecule has 0 aromatic heterocycles. The number of carbonyl (C=O) groups excluding carboxylic acids is 1. The van der Waals surface area contributed by atoms with Crippen molar-refractivity contribution < 1.29 is 9.53 Å². The molecule has 1 amide bonds. The fraction of sp³-hybridized carbons (Fsp3) is 0.909. The molecule has 0 radical (unpaired) electrons. The summed E-state index contributed by atoms with van der Waals surface area (Å²) in [6.45, 7) is 5.17. The van der Waals surface area contributed by atoms with Crippen molar-refractivity contribution in [2.24, 2.45) is 5.92 Å². The first-order chi connectivity index (χ1) is 6.66. The van der Waals surface area contributed by atoms with E-state index in [0.29, 0.717) is 6.04 Å². The van der Waals surface area contributed by atoms with Crippen molar-refractivity contribution in [1.82, 2.24) is 4.90 Å². The van der Waals surface area contributed by atoms with Gasteiger partial charge in [0, 0.05) is 12.6 Å². The lowest BCUT2D eigenvalue weighted by Gasteiger charge is -2.27. The Labute approximate surface area is 85.4 Å². The van der Waals surface area contributed by atoms with Gasteiger partial charge in [-0.05, 0) is 39.0 Å². The van der Waals surface area contributed by atoms with Gasteiger partial charge in [0.05, 0.1) is 6.10 Å². The number of ether oxygens (including phenoxy) is 1. The molecule has 3 heteroatoms. The Balaban J connectivity index is 1.81. The summed E-state index contributed by atoms with van der Waals surface area (Å²) in [7, 11) is 0. The van der Waals surface area contributed by atoms with Crippen LogP contribution in [0.15, 0.2) is 0 Å². The van der Waals surface area contributed by atoms with Crippen LogP contribution >= 0.6 is 0 Å². The lowest BCUT2D eigenvalue weighted by molar-refractivity contribution is -0.139. The molecule has 2 aliphatic rings. The van der Waals surface area contributed by atoms with E-state index in [1.54, 1.807) is 0 Å². The zero-order valence-electron chi connectivity index (χ0n) is 9.03.